The number of ketones is 5. The minimum Gasteiger partial charge on any atom is -0.293 e. The van der Waals surface area contributed by atoms with Crippen molar-refractivity contribution >= 4 is 207 Å². The highest BCUT2D eigenvalue weighted by Crippen LogP contribution is 2.45. The molecular weight excluding hydrogens is 1520 g/mol. The molecule has 0 spiro atoms. The van der Waals surface area contributed by atoms with E-state index in [9.17, 15) is 24.0 Å². The van der Waals surface area contributed by atoms with Gasteiger partial charge in [0, 0.05) is 77.6 Å². The lowest BCUT2D eigenvalue weighted by atomic mass is 9.94. The van der Waals surface area contributed by atoms with Crippen molar-refractivity contribution in [3.8, 4) is 0 Å². The molecule has 5 nitrogen and oxygen atoms in total. The maximum absolute atomic E-state index is 12.6. The van der Waals surface area contributed by atoms with Crippen LogP contribution < -0.4 is 0 Å². The number of carbonyl (C=O) groups excluding carboxylic acids is 5. The molecule has 9 rings (SSSR count). The Morgan fingerprint density at radius 2 is 0.895 bits per heavy atom. The van der Waals surface area contributed by atoms with Crippen LogP contribution in [0.15, 0.2) is 83.0 Å². The molecule has 8 aromatic rings. The van der Waals surface area contributed by atoms with Crippen LogP contribution in [0.5, 0.6) is 0 Å². The van der Waals surface area contributed by atoms with Gasteiger partial charge in [0.2, 0.25) is 0 Å². The monoisotopic (exact) mass is 1640 g/mol. The van der Waals surface area contributed by atoms with Crippen LogP contribution in [0.3, 0.4) is 0 Å². The van der Waals surface area contributed by atoms with Crippen LogP contribution >= 0.6 is 158 Å². The van der Waals surface area contributed by atoms with E-state index in [2.05, 4.69) is 124 Å². The number of carbonyl (C=O) groups is 5. The summed E-state index contributed by atoms with van der Waals surface area (Å²) in [6, 6.07) is 16.1. The maximum atomic E-state index is 12.6. The van der Waals surface area contributed by atoms with E-state index in [1.54, 1.807) is 79.4 Å². The summed E-state index contributed by atoms with van der Waals surface area (Å²) in [5, 5.41) is 12.7. The van der Waals surface area contributed by atoms with E-state index >= 15 is 0 Å². The minimum absolute atomic E-state index is 0. The summed E-state index contributed by atoms with van der Waals surface area (Å²) in [5.74, 6) is 5.80. The van der Waals surface area contributed by atoms with Crippen molar-refractivity contribution in [1.82, 2.24) is 0 Å². The molecule has 9 heterocycles. The second-order valence-corrected chi connectivity index (χ2v) is 34.6. The Balaban J connectivity index is 0. The van der Waals surface area contributed by atoms with Crippen molar-refractivity contribution in [2.75, 3.05) is 0 Å². The van der Waals surface area contributed by atoms with Gasteiger partial charge in [0.05, 0.1) is 42.5 Å². The fourth-order valence-corrected chi connectivity index (χ4v) is 22.2. The number of thioether (sulfide) groups is 1. The van der Waals surface area contributed by atoms with Crippen LogP contribution in [0.4, 0.5) is 0 Å². The van der Waals surface area contributed by atoms with Gasteiger partial charge in [-0.1, -0.05) is 189 Å². The molecule has 95 heavy (non-hydrogen) atoms. The molecule has 8 aromatic heterocycles. The first-order chi connectivity index (χ1) is 43.6. The predicted octanol–water partition coefficient (Wildman–Crippen LogP) is 31.8. The third-order valence-electron chi connectivity index (χ3n) is 16.0. The molecule has 0 aliphatic carbocycles. The van der Waals surface area contributed by atoms with Crippen molar-refractivity contribution in [2.45, 2.75) is 258 Å². The Hall–Kier alpha value is -1.64. The van der Waals surface area contributed by atoms with Crippen LogP contribution in [0.1, 0.15) is 304 Å². The normalized spacial score (nSPS) is 12.5. The standard InChI is InChI=1S/C14H16Br2OS2.C14H20Cl2OS.C14H20OS2.C14H18OS2.C12H18OS.C4H4S.5CH4/c1-3-5-6-8(4-2)11(17)10-7-9-12(18-10)14(16)19-13(9)15;1-3-5-6-10(4-2)14(17)12-7-11(8-15)13(9-16)18-12;2*1-3-5-6-10(4-2)14(15)12-7-11-8-16-9-13(11)17-12;1-3-5-7-10(4-2)12(13)11-8-6-9-14-11;1-2-4-5-3-1;;;;;/h7-8H,3-6H2,1-2H3;7,10H,3-6,8-9H2,1-2H3;7,10H,3-6,8-9H2,1-2H3;7-10H,3-6H2,1-2H3;6,8-10H,3-5,7H2,1-2H3;1-4H;5*1H4. The van der Waals surface area contributed by atoms with E-state index in [0.29, 0.717) is 34.9 Å². The van der Waals surface area contributed by atoms with Crippen molar-refractivity contribution in [3.05, 3.63) is 128 Å². The molecule has 536 valence electrons. The number of halogens is 4. The van der Waals surface area contributed by atoms with Crippen LogP contribution in [0, 0.1) is 29.6 Å². The van der Waals surface area contributed by atoms with E-state index < -0.39 is 0 Å². The predicted molar refractivity (Wildman–Crippen MR) is 448 cm³/mol. The first-order valence-electron chi connectivity index (χ1n) is 32.5. The highest BCUT2D eigenvalue weighted by molar-refractivity contribution is 9.12. The highest BCUT2D eigenvalue weighted by Gasteiger charge is 2.26. The number of rotatable bonds is 32. The lowest BCUT2D eigenvalue weighted by Crippen LogP contribution is -2.12. The van der Waals surface area contributed by atoms with Crippen LogP contribution in [0.25, 0.3) is 20.2 Å². The minimum atomic E-state index is 0. The number of hydrogen-bond acceptors (Lipinski definition) is 14. The second-order valence-electron chi connectivity index (χ2n) is 22.5. The number of Topliss-reactive ketones (excluding diaryl/α,β-unsaturated/α-hetero) is 5. The molecule has 0 N–H and O–H groups in total. The molecule has 5 unspecified atom stereocenters. The number of unbranched alkanes of at least 4 members (excludes halogenated alkanes) is 5. The Bertz CT molecular complexity index is 3170. The summed E-state index contributed by atoms with van der Waals surface area (Å²) < 4.78 is 4.65. The smallest absolute Gasteiger partial charge is 0.175 e. The molecule has 0 radical (unpaired) electrons. The second kappa shape index (κ2) is 54.1. The van der Waals surface area contributed by atoms with Gasteiger partial charge in [0.15, 0.2) is 28.9 Å². The number of hydrogen-bond donors (Lipinski definition) is 0. The lowest BCUT2D eigenvalue weighted by Gasteiger charge is -2.11. The Labute approximate surface area is 639 Å². The van der Waals surface area contributed by atoms with Crippen LogP contribution in [-0.2, 0) is 23.3 Å². The molecule has 18 heteroatoms. The molecule has 5 atom stereocenters. The van der Waals surface area contributed by atoms with Crippen molar-refractivity contribution < 1.29 is 24.0 Å². The zero-order valence-electron chi connectivity index (χ0n) is 54.6. The van der Waals surface area contributed by atoms with Gasteiger partial charge >= 0.3 is 0 Å². The van der Waals surface area contributed by atoms with Crippen molar-refractivity contribution in [2.24, 2.45) is 29.6 Å². The lowest BCUT2D eigenvalue weighted by molar-refractivity contribution is 0.0904. The quantitative estimate of drug-likeness (QED) is 0.0308. The molecule has 0 saturated heterocycles. The van der Waals surface area contributed by atoms with Crippen LogP contribution in [-0.4, -0.2) is 28.9 Å². The first-order valence-corrected chi connectivity index (χ1v) is 43.2. The molecule has 0 saturated carbocycles. The number of alkyl halides is 2. The third-order valence-corrected chi connectivity index (χ3v) is 28.0. The Morgan fingerprint density at radius 3 is 1.25 bits per heavy atom. The third kappa shape index (κ3) is 30.8. The summed E-state index contributed by atoms with van der Waals surface area (Å²) in [4.78, 5) is 68.7. The van der Waals surface area contributed by atoms with Crippen molar-refractivity contribution in [1.29, 1.82) is 0 Å². The van der Waals surface area contributed by atoms with Gasteiger partial charge in [-0.05, 0) is 159 Å². The van der Waals surface area contributed by atoms with Gasteiger partial charge in [-0.3, -0.25) is 24.0 Å². The fourth-order valence-electron chi connectivity index (χ4n) is 10.3. The van der Waals surface area contributed by atoms with Gasteiger partial charge in [0.1, 0.15) is 0 Å². The summed E-state index contributed by atoms with van der Waals surface area (Å²) >= 11 is 34.0. The fraction of sp³-hybridized carbons (Fsp3) is 0.571. The summed E-state index contributed by atoms with van der Waals surface area (Å²) in [5.41, 5.74) is 2.42. The van der Waals surface area contributed by atoms with Gasteiger partial charge < -0.3 is 0 Å². The van der Waals surface area contributed by atoms with E-state index in [4.69, 9.17) is 23.2 Å². The van der Waals surface area contributed by atoms with E-state index in [-0.39, 0.29) is 72.5 Å². The SMILES string of the molecule is C.C.C.C.C.CCCCC(CC)C(=O)c1cc(CCl)c(CCl)s1.CCCCC(CC)C(=O)c1cc2c(Br)sc(Br)c2s1.CCCCC(CC)C(=O)c1cc2c(s1)CSC2.CCCCC(CC)C(=O)c1cc2cscc2s1.CCCCC(CC)C(=O)c1cccs1.c1ccsc1. The summed E-state index contributed by atoms with van der Waals surface area (Å²) in [6.45, 7) is 21.4. The molecule has 0 bridgehead atoms. The first kappa shape index (κ1) is 95.4. The molecular formula is C77H116Br2Cl2O5S9. The zero-order valence-corrected chi connectivity index (χ0v) is 66.6. The zero-order chi connectivity index (χ0) is 66.0. The maximum Gasteiger partial charge on any atom is 0.175 e. The molecule has 1 aliphatic rings. The van der Waals surface area contributed by atoms with E-state index in [1.807, 2.05) is 64.3 Å². The number of thiophene rings is 8. The van der Waals surface area contributed by atoms with Gasteiger partial charge in [-0.25, -0.2) is 0 Å². The summed E-state index contributed by atoms with van der Waals surface area (Å²) in [6.07, 6.45) is 21.4. The summed E-state index contributed by atoms with van der Waals surface area (Å²) in [7, 11) is 0. The van der Waals surface area contributed by atoms with E-state index in [0.717, 1.165) is 162 Å². The van der Waals surface area contributed by atoms with Gasteiger partial charge in [-0.15, -0.1) is 91.2 Å². The van der Waals surface area contributed by atoms with Crippen LogP contribution in [0.2, 0.25) is 0 Å². The van der Waals surface area contributed by atoms with Gasteiger partial charge in [0.25, 0.3) is 0 Å². The van der Waals surface area contributed by atoms with E-state index in [1.165, 1.54) is 62.2 Å². The topological polar surface area (TPSA) is 85.3 Å². The largest absolute Gasteiger partial charge is 0.293 e. The molecule has 0 fully saturated rings. The Kier molecular flexibility index (Phi) is 54.3. The van der Waals surface area contributed by atoms with Gasteiger partial charge in [-0.2, -0.15) is 34.4 Å². The highest BCUT2D eigenvalue weighted by atomic mass is 79.9. The molecule has 0 aromatic carbocycles. The molecule has 1 aliphatic heterocycles. The molecule has 0 amide bonds. The van der Waals surface area contributed by atoms with Crippen molar-refractivity contribution in [3.63, 3.8) is 0 Å². The Morgan fingerprint density at radius 1 is 0.453 bits per heavy atom. The average molecular weight is 1640 g/mol. The number of fused-ring (bicyclic) bond motifs is 3. The average Bonchev–Trinajstić information content (AvgIpc) is 1.65.